The maximum atomic E-state index is 5.67. The van der Waals surface area contributed by atoms with Gasteiger partial charge in [0.15, 0.2) is 0 Å². The minimum atomic E-state index is -2.99. The zero-order valence-electron chi connectivity index (χ0n) is 11.5. The topological polar surface area (TPSA) is 36.9 Å². The molecule has 18 heavy (non-hydrogen) atoms. The van der Waals surface area contributed by atoms with Crippen LogP contribution in [0.2, 0.25) is 6.04 Å². The molecule has 0 spiro atoms. The number of rotatable bonds is 10. The van der Waals surface area contributed by atoms with E-state index in [1.54, 1.807) is 20.8 Å². The molecule has 0 unspecified atom stereocenters. The standard InChI is InChI=1S/C13H22O4Si/c1-8-14-9-10-18(15-11(2)3,16-12(4)5)17-13(6)7/h8H,1-2,4,6,9-10H2,3,5,7H3. The van der Waals surface area contributed by atoms with Gasteiger partial charge in [-0.3, -0.25) is 0 Å². The summed E-state index contributed by atoms with van der Waals surface area (Å²) in [4.78, 5) is 0. The lowest BCUT2D eigenvalue weighted by Crippen LogP contribution is -2.45. The van der Waals surface area contributed by atoms with Gasteiger partial charge < -0.3 is 18.0 Å². The van der Waals surface area contributed by atoms with Crippen LogP contribution in [-0.2, 0) is 18.0 Å². The van der Waals surface area contributed by atoms with Crippen LogP contribution in [0.4, 0.5) is 0 Å². The minimum Gasteiger partial charge on any atom is -0.502 e. The predicted molar refractivity (Wildman–Crippen MR) is 74.4 cm³/mol. The van der Waals surface area contributed by atoms with E-state index in [1.165, 1.54) is 6.26 Å². The Morgan fingerprint density at radius 3 is 1.61 bits per heavy atom. The Morgan fingerprint density at radius 2 is 1.33 bits per heavy atom. The quantitative estimate of drug-likeness (QED) is 0.344. The van der Waals surface area contributed by atoms with E-state index < -0.39 is 8.80 Å². The summed E-state index contributed by atoms with van der Waals surface area (Å²) >= 11 is 0. The van der Waals surface area contributed by atoms with Gasteiger partial charge in [-0.15, -0.1) is 0 Å². The van der Waals surface area contributed by atoms with Crippen molar-refractivity contribution in [3.05, 3.63) is 49.9 Å². The molecule has 0 atom stereocenters. The van der Waals surface area contributed by atoms with E-state index in [0.717, 1.165) is 0 Å². The van der Waals surface area contributed by atoms with Crippen LogP contribution in [0.3, 0.4) is 0 Å². The van der Waals surface area contributed by atoms with Crippen LogP contribution in [0, 0.1) is 0 Å². The van der Waals surface area contributed by atoms with Crippen molar-refractivity contribution in [2.45, 2.75) is 26.8 Å². The van der Waals surface area contributed by atoms with Crippen LogP contribution in [-0.4, -0.2) is 15.4 Å². The van der Waals surface area contributed by atoms with Crippen molar-refractivity contribution in [3.63, 3.8) is 0 Å². The third-order valence-electron chi connectivity index (χ3n) is 1.63. The average molecular weight is 270 g/mol. The second-order valence-electron chi connectivity index (χ2n) is 3.88. The fraction of sp³-hybridized carbons (Fsp3) is 0.385. The fourth-order valence-electron chi connectivity index (χ4n) is 1.28. The lowest BCUT2D eigenvalue weighted by Gasteiger charge is -2.30. The van der Waals surface area contributed by atoms with Crippen LogP contribution in [0.25, 0.3) is 0 Å². The first-order valence-electron chi connectivity index (χ1n) is 5.57. The molecule has 0 aliphatic rings. The normalized spacial score (nSPS) is 10.2. The molecule has 0 aliphatic carbocycles. The first-order valence-corrected chi connectivity index (χ1v) is 7.50. The summed E-state index contributed by atoms with van der Waals surface area (Å²) in [5.41, 5.74) is 0. The molecule has 0 N–H and O–H groups in total. The van der Waals surface area contributed by atoms with Gasteiger partial charge in [-0.2, -0.15) is 0 Å². The fourth-order valence-corrected chi connectivity index (χ4v) is 3.67. The van der Waals surface area contributed by atoms with Crippen molar-refractivity contribution in [3.8, 4) is 0 Å². The van der Waals surface area contributed by atoms with Gasteiger partial charge in [-0.1, -0.05) is 26.3 Å². The molecule has 0 fully saturated rings. The van der Waals surface area contributed by atoms with Crippen molar-refractivity contribution in [1.29, 1.82) is 0 Å². The SMILES string of the molecule is C=COCC[Si](OC(=C)C)(OC(=C)C)OC(=C)C. The van der Waals surface area contributed by atoms with Crippen molar-refractivity contribution >= 4 is 8.80 Å². The molecule has 0 heterocycles. The Hall–Kier alpha value is -1.62. The monoisotopic (exact) mass is 270 g/mol. The van der Waals surface area contributed by atoms with E-state index in [4.69, 9.17) is 18.0 Å². The molecule has 4 nitrogen and oxygen atoms in total. The van der Waals surface area contributed by atoms with Gasteiger partial charge in [0.05, 0.1) is 36.2 Å². The molecule has 0 aromatic rings. The van der Waals surface area contributed by atoms with Crippen molar-refractivity contribution in [1.82, 2.24) is 0 Å². The molecular weight excluding hydrogens is 248 g/mol. The van der Waals surface area contributed by atoms with Crippen molar-refractivity contribution < 1.29 is 18.0 Å². The highest BCUT2D eigenvalue weighted by Gasteiger charge is 2.48. The van der Waals surface area contributed by atoms with Crippen LogP contribution in [0.15, 0.2) is 49.9 Å². The van der Waals surface area contributed by atoms with Gasteiger partial charge in [0.25, 0.3) is 0 Å². The summed E-state index contributed by atoms with van der Waals surface area (Å²) in [6.45, 7) is 20.2. The van der Waals surface area contributed by atoms with Gasteiger partial charge in [0.2, 0.25) is 0 Å². The highest BCUT2D eigenvalue weighted by molar-refractivity contribution is 6.61. The summed E-state index contributed by atoms with van der Waals surface area (Å²) < 4.78 is 22.1. The minimum absolute atomic E-state index is 0.379. The van der Waals surface area contributed by atoms with Gasteiger partial charge in [0.1, 0.15) is 0 Å². The van der Waals surface area contributed by atoms with E-state index in [-0.39, 0.29) is 0 Å². The molecule has 0 saturated heterocycles. The number of ether oxygens (including phenoxy) is 1. The molecule has 0 amide bonds. The lowest BCUT2D eigenvalue weighted by molar-refractivity contribution is 0.133. The summed E-state index contributed by atoms with van der Waals surface area (Å²) in [5.74, 6) is 1.55. The van der Waals surface area contributed by atoms with Crippen LogP contribution in [0.5, 0.6) is 0 Å². The maximum absolute atomic E-state index is 5.67. The molecule has 0 radical (unpaired) electrons. The maximum Gasteiger partial charge on any atom is 0.702 e. The summed E-state index contributed by atoms with van der Waals surface area (Å²) in [6, 6.07) is 0.450. The molecule has 0 aliphatic heterocycles. The summed E-state index contributed by atoms with van der Waals surface area (Å²) in [6.07, 6.45) is 1.36. The van der Waals surface area contributed by atoms with Crippen molar-refractivity contribution in [2.75, 3.05) is 6.61 Å². The molecule has 5 heteroatoms. The van der Waals surface area contributed by atoms with Crippen LogP contribution < -0.4 is 0 Å². The molecule has 0 aromatic heterocycles. The van der Waals surface area contributed by atoms with E-state index in [0.29, 0.717) is 29.9 Å². The Kier molecular flexibility index (Phi) is 6.96. The van der Waals surface area contributed by atoms with Gasteiger partial charge >= 0.3 is 8.80 Å². The Balaban J connectivity index is 4.96. The third kappa shape index (κ3) is 6.85. The Labute approximate surface area is 111 Å². The first kappa shape index (κ1) is 16.4. The van der Waals surface area contributed by atoms with Gasteiger partial charge in [-0.25, -0.2) is 0 Å². The molecular formula is C13H22O4Si. The summed E-state index contributed by atoms with van der Waals surface area (Å²) in [5, 5.41) is 0. The number of hydrogen-bond acceptors (Lipinski definition) is 4. The molecule has 0 rings (SSSR count). The average Bonchev–Trinajstić information content (AvgIpc) is 2.13. The lowest BCUT2D eigenvalue weighted by atomic mass is 10.7. The van der Waals surface area contributed by atoms with E-state index in [2.05, 4.69) is 26.3 Å². The first-order chi connectivity index (χ1) is 8.31. The van der Waals surface area contributed by atoms with Gasteiger partial charge in [0, 0.05) is 0 Å². The van der Waals surface area contributed by atoms with E-state index in [9.17, 15) is 0 Å². The molecule has 102 valence electrons. The van der Waals surface area contributed by atoms with Crippen molar-refractivity contribution in [2.24, 2.45) is 0 Å². The van der Waals surface area contributed by atoms with Gasteiger partial charge in [-0.05, 0) is 20.8 Å². The number of hydrogen-bond donors (Lipinski definition) is 0. The predicted octanol–water partition coefficient (Wildman–Crippen LogP) is 3.74. The highest BCUT2D eigenvalue weighted by atomic mass is 28.4. The smallest absolute Gasteiger partial charge is 0.502 e. The molecule has 0 bridgehead atoms. The van der Waals surface area contributed by atoms with Crippen LogP contribution >= 0.6 is 0 Å². The highest BCUT2D eigenvalue weighted by Crippen LogP contribution is 2.24. The second-order valence-corrected chi connectivity index (χ2v) is 6.36. The Bertz CT molecular complexity index is 295. The summed E-state index contributed by atoms with van der Waals surface area (Å²) in [7, 11) is -2.99. The van der Waals surface area contributed by atoms with E-state index >= 15 is 0 Å². The Morgan fingerprint density at radius 1 is 0.944 bits per heavy atom. The zero-order valence-corrected chi connectivity index (χ0v) is 12.5. The molecule has 0 saturated carbocycles. The van der Waals surface area contributed by atoms with Crippen LogP contribution in [0.1, 0.15) is 20.8 Å². The third-order valence-corrected chi connectivity index (χ3v) is 4.43. The molecule has 0 aromatic carbocycles. The zero-order chi connectivity index (χ0) is 14.2. The van der Waals surface area contributed by atoms with E-state index in [1.807, 2.05) is 0 Å². The number of allylic oxidation sites excluding steroid dienone is 3. The second kappa shape index (κ2) is 7.65. The largest absolute Gasteiger partial charge is 0.702 e.